The molecule has 0 N–H and O–H groups in total. The number of aromatic nitrogens is 1. The maximum absolute atomic E-state index is 12.1. The Kier molecular flexibility index (Phi) is 4.00. The highest BCUT2D eigenvalue weighted by molar-refractivity contribution is 9.10. The van der Waals surface area contributed by atoms with Crippen LogP contribution >= 0.6 is 15.9 Å². The molecule has 0 atom stereocenters. The zero-order valence-electron chi connectivity index (χ0n) is 10.8. The normalized spacial score (nSPS) is 10.5. The van der Waals surface area contributed by atoms with Crippen molar-refractivity contribution < 1.29 is 4.79 Å². The summed E-state index contributed by atoms with van der Waals surface area (Å²) >= 11 is 3.21. The van der Waals surface area contributed by atoms with E-state index in [1.807, 2.05) is 26.0 Å². The topological polar surface area (TPSA) is 39.1 Å². The molecule has 0 radical (unpaired) electrons. The van der Waals surface area contributed by atoms with Gasteiger partial charge in [-0.25, -0.2) is 0 Å². The summed E-state index contributed by atoms with van der Waals surface area (Å²) in [7, 11) is 0. The molecule has 0 saturated carbocycles. The van der Waals surface area contributed by atoms with Gasteiger partial charge in [0, 0.05) is 11.8 Å². The lowest BCUT2D eigenvalue weighted by molar-refractivity contribution is 0.0970. The van der Waals surface area contributed by atoms with E-state index in [1.165, 1.54) is 4.57 Å². The lowest BCUT2D eigenvalue weighted by Crippen LogP contribution is -2.24. The van der Waals surface area contributed by atoms with Crippen LogP contribution in [0, 0.1) is 13.8 Å². The largest absolute Gasteiger partial charge is 0.306 e. The quantitative estimate of drug-likeness (QED) is 0.815. The summed E-state index contributed by atoms with van der Waals surface area (Å²) in [5.41, 5.74) is 2.47. The monoisotopic (exact) mass is 319 g/mol. The molecule has 0 spiro atoms. The number of aryl methyl sites for hydroxylation is 2. The number of carbonyl (C=O) groups is 1. The molecule has 1 aromatic carbocycles. The van der Waals surface area contributed by atoms with E-state index in [-0.39, 0.29) is 17.9 Å². The predicted molar refractivity (Wildman–Crippen MR) is 78.6 cm³/mol. The van der Waals surface area contributed by atoms with Gasteiger partial charge in [0.25, 0.3) is 5.56 Å². The van der Waals surface area contributed by atoms with Gasteiger partial charge in [-0.3, -0.25) is 9.59 Å². The third kappa shape index (κ3) is 3.20. The standard InChI is InChI=1S/C15H14BrNO2/c1-10-3-5-12(6-4-10)14(18)9-17-8-11(2)7-13(16)15(17)19/h3-8H,9H2,1-2H3. The Bertz CT molecular complexity index is 672. The van der Waals surface area contributed by atoms with E-state index >= 15 is 0 Å². The number of nitrogens with zero attached hydrogens (tertiary/aromatic N) is 1. The Hall–Kier alpha value is -1.68. The van der Waals surface area contributed by atoms with Gasteiger partial charge in [-0.2, -0.15) is 0 Å². The Labute approximate surface area is 120 Å². The SMILES string of the molecule is Cc1ccc(C(=O)Cn2cc(C)cc(Br)c2=O)cc1. The van der Waals surface area contributed by atoms with Gasteiger partial charge in [0.1, 0.15) is 0 Å². The van der Waals surface area contributed by atoms with E-state index < -0.39 is 0 Å². The van der Waals surface area contributed by atoms with E-state index in [0.29, 0.717) is 10.0 Å². The average Bonchev–Trinajstić information content (AvgIpc) is 2.36. The highest BCUT2D eigenvalue weighted by atomic mass is 79.9. The first-order valence-electron chi connectivity index (χ1n) is 5.94. The molecule has 0 aliphatic rings. The summed E-state index contributed by atoms with van der Waals surface area (Å²) in [6.07, 6.45) is 1.69. The molecule has 0 aliphatic carbocycles. The maximum Gasteiger partial charge on any atom is 0.265 e. The number of rotatable bonds is 3. The smallest absolute Gasteiger partial charge is 0.265 e. The third-order valence-electron chi connectivity index (χ3n) is 2.87. The molecular weight excluding hydrogens is 306 g/mol. The fraction of sp³-hybridized carbons (Fsp3) is 0.200. The fourth-order valence-electron chi connectivity index (χ4n) is 1.84. The van der Waals surface area contributed by atoms with Crippen LogP contribution in [0.25, 0.3) is 0 Å². The summed E-state index contributed by atoms with van der Waals surface area (Å²) in [6, 6.07) is 9.10. The average molecular weight is 320 g/mol. The van der Waals surface area contributed by atoms with Crippen molar-refractivity contribution in [1.29, 1.82) is 0 Å². The molecule has 98 valence electrons. The van der Waals surface area contributed by atoms with Crippen LogP contribution in [-0.4, -0.2) is 10.4 Å². The molecule has 1 aromatic heterocycles. The van der Waals surface area contributed by atoms with Gasteiger partial charge in [0.2, 0.25) is 0 Å². The summed E-state index contributed by atoms with van der Waals surface area (Å²) in [5, 5.41) is 0. The number of halogens is 1. The van der Waals surface area contributed by atoms with E-state index in [2.05, 4.69) is 15.9 Å². The lowest BCUT2D eigenvalue weighted by atomic mass is 10.1. The fourth-order valence-corrected chi connectivity index (χ4v) is 2.43. The van der Waals surface area contributed by atoms with Gasteiger partial charge in [-0.15, -0.1) is 0 Å². The van der Waals surface area contributed by atoms with Crippen LogP contribution in [-0.2, 0) is 6.54 Å². The first-order valence-corrected chi connectivity index (χ1v) is 6.73. The Morgan fingerprint density at radius 2 is 1.79 bits per heavy atom. The van der Waals surface area contributed by atoms with Crippen molar-refractivity contribution in [3.05, 3.63) is 68.0 Å². The number of pyridine rings is 1. The predicted octanol–water partition coefficient (Wildman–Crippen LogP) is 3.11. The number of carbonyl (C=O) groups excluding carboxylic acids is 1. The number of Topliss-reactive ketones (excluding diaryl/α,β-unsaturated/α-hetero) is 1. The molecule has 2 rings (SSSR count). The van der Waals surface area contributed by atoms with Crippen LogP contribution in [0.2, 0.25) is 0 Å². The van der Waals surface area contributed by atoms with Crippen LogP contribution in [0.4, 0.5) is 0 Å². The van der Waals surface area contributed by atoms with E-state index in [9.17, 15) is 9.59 Å². The summed E-state index contributed by atoms with van der Waals surface area (Å²) in [4.78, 5) is 24.0. The Balaban J connectivity index is 2.29. The van der Waals surface area contributed by atoms with Gasteiger partial charge < -0.3 is 4.57 Å². The second-order valence-corrected chi connectivity index (χ2v) is 5.44. The van der Waals surface area contributed by atoms with E-state index in [4.69, 9.17) is 0 Å². The van der Waals surface area contributed by atoms with Gasteiger partial charge in [0.15, 0.2) is 5.78 Å². The minimum atomic E-state index is -0.189. The summed E-state index contributed by atoms with van der Waals surface area (Å²) in [6.45, 7) is 3.91. The van der Waals surface area contributed by atoms with Crippen LogP contribution < -0.4 is 5.56 Å². The number of ketones is 1. The zero-order chi connectivity index (χ0) is 14.0. The molecular formula is C15H14BrNO2. The van der Waals surface area contributed by atoms with Crippen LogP contribution in [0.15, 0.2) is 45.8 Å². The van der Waals surface area contributed by atoms with Crippen LogP contribution in [0.1, 0.15) is 21.5 Å². The molecule has 0 unspecified atom stereocenters. The van der Waals surface area contributed by atoms with E-state index in [0.717, 1.165) is 11.1 Å². The lowest BCUT2D eigenvalue weighted by Gasteiger charge is -2.07. The highest BCUT2D eigenvalue weighted by Crippen LogP contribution is 2.08. The van der Waals surface area contributed by atoms with Gasteiger partial charge in [-0.05, 0) is 41.4 Å². The summed E-state index contributed by atoms with van der Waals surface area (Å²) < 4.78 is 1.91. The minimum absolute atomic E-state index is 0.0577. The maximum atomic E-state index is 12.1. The van der Waals surface area contributed by atoms with Crippen molar-refractivity contribution in [1.82, 2.24) is 4.57 Å². The van der Waals surface area contributed by atoms with Crippen molar-refractivity contribution in [2.45, 2.75) is 20.4 Å². The number of hydrogen-bond donors (Lipinski definition) is 0. The van der Waals surface area contributed by atoms with Crippen molar-refractivity contribution in [2.75, 3.05) is 0 Å². The van der Waals surface area contributed by atoms with E-state index in [1.54, 1.807) is 24.4 Å². The van der Waals surface area contributed by atoms with Gasteiger partial charge >= 0.3 is 0 Å². The van der Waals surface area contributed by atoms with Crippen molar-refractivity contribution in [3.63, 3.8) is 0 Å². The first-order chi connectivity index (χ1) is 8.97. The first kappa shape index (κ1) is 13.7. The molecule has 19 heavy (non-hydrogen) atoms. The molecule has 0 amide bonds. The molecule has 3 nitrogen and oxygen atoms in total. The minimum Gasteiger partial charge on any atom is -0.306 e. The van der Waals surface area contributed by atoms with Gasteiger partial charge in [0.05, 0.1) is 11.0 Å². The molecule has 2 aromatic rings. The van der Waals surface area contributed by atoms with Crippen LogP contribution in [0.3, 0.4) is 0 Å². The second-order valence-electron chi connectivity index (χ2n) is 4.59. The van der Waals surface area contributed by atoms with Crippen molar-refractivity contribution >= 4 is 21.7 Å². The number of benzene rings is 1. The van der Waals surface area contributed by atoms with Crippen molar-refractivity contribution in [3.8, 4) is 0 Å². The second kappa shape index (κ2) is 5.53. The zero-order valence-corrected chi connectivity index (χ0v) is 12.4. The van der Waals surface area contributed by atoms with Crippen LogP contribution in [0.5, 0.6) is 0 Å². The molecule has 1 heterocycles. The Morgan fingerprint density at radius 3 is 2.42 bits per heavy atom. The third-order valence-corrected chi connectivity index (χ3v) is 3.43. The molecule has 0 fully saturated rings. The highest BCUT2D eigenvalue weighted by Gasteiger charge is 2.09. The van der Waals surface area contributed by atoms with Gasteiger partial charge in [-0.1, -0.05) is 29.8 Å². The van der Waals surface area contributed by atoms with Crippen molar-refractivity contribution in [2.24, 2.45) is 0 Å². The molecule has 0 saturated heterocycles. The summed E-state index contributed by atoms with van der Waals surface area (Å²) in [5.74, 6) is -0.0698. The Morgan fingerprint density at radius 1 is 1.16 bits per heavy atom. The molecule has 0 bridgehead atoms. The number of hydrogen-bond acceptors (Lipinski definition) is 2. The molecule has 4 heteroatoms. The molecule has 0 aliphatic heterocycles.